The average Bonchev–Trinajstić information content (AvgIpc) is 2.54. The monoisotopic (exact) mass is 299 g/mol. The molecule has 1 N–H and O–H groups in total. The fraction of sp³-hybridized carbons (Fsp3) is 0.176. The van der Waals surface area contributed by atoms with Crippen LogP contribution in [0.15, 0.2) is 48.5 Å². The molecule has 0 unspecified atom stereocenters. The molecule has 0 bridgehead atoms. The molecule has 0 atom stereocenters. The molecule has 1 amide bonds. The summed E-state index contributed by atoms with van der Waals surface area (Å²) in [6.45, 7) is 2.73. The highest BCUT2D eigenvalue weighted by atomic mass is 16.5. The van der Waals surface area contributed by atoms with Crippen molar-refractivity contribution >= 4 is 18.1 Å². The van der Waals surface area contributed by atoms with Gasteiger partial charge in [0.05, 0.1) is 24.4 Å². The second-order valence-corrected chi connectivity index (χ2v) is 4.64. The van der Waals surface area contributed by atoms with E-state index < -0.39 is 5.97 Å². The van der Waals surface area contributed by atoms with Gasteiger partial charge in [0.1, 0.15) is 5.75 Å². The van der Waals surface area contributed by atoms with Crippen LogP contribution in [0.2, 0.25) is 0 Å². The molecule has 5 nitrogen and oxygen atoms in total. The van der Waals surface area contributed by atoms with E-state index >= 15 is 0 Å². The maximum Gasteiger partial charge on any atom is 0.335 e. The molecule has 2 aromatic rings. The molecule has 0 heterocycles. The minimum Gasteiger partial charge on any atom is -0.492 e. The lowest BCUT2D eigenvalue weighted by atomic mass is 10.1. The molecular formula is C17H17NO4. The van der Waals surface area contributed by atoms with Crippen molar-refractivity contribution in [3.8, 4) is 5.75 Å². The number of nitrogens with zero attached hydrogens (tertiary/aromatic N) is 1. The summed E-state index contributed by atoms with van der Waals surface area (Å²) < 4.78 is 5.53. The Hall–Kier alpha value is -2.82. The highest BCUT2D eigenvalue weighted by molar-refractivity contribution is 5.87. The Morgan fingerprint density at radius 2 is 1.86 bits per heavy atom. The maximum absolute atomic E-state index is 11.4. The summed E-state index contributed by atoms with van der Waals surface area (Å²) in [5.74, 6) is -0.334. The zero-order chi connectivity index (χ0) is 15.9. The fourth-order valence-electron chi connectivity index (χ4n) is 2.10. The fourth-order valence-corrected chi connectivity index (χ4v) is 2.10. The molecule has 5 heteroatoms. The molecule has 0 spiro atoms. The van der Waals surface area contributed by atoms with Gasteiger partial charge in [-0.2, -0.15) is 0 Å². The largest absolute Gasteiger partial charge is 0.492 e. The minimum atomic E-state index is -0.972. The van der Waals surface area contributed by atoms with Crippen LogP contribution in [0.5, 0.6) is 5.75 Å². The van der Waals surface area contributed by atoms with E-state index in [1.165, 1.54) is 17.0 Å². The van der Waals surface area contributed by atoms with Crippen molar-refractivity contribution in [1.82, 2.24) is 0 Å². The number of hydrogen-bond acceptors (Lipinski definition) is 3. The minimum absolute atomic E-state index is 0.219. The van der Waals surface area contributed by atoms with Crippen LogP contribution in [0, 0.1) is 0 Å². The van der Waals surface area contributed by atoms with Crippen LogP contribution < -0.4 is 9.64 Å². The van der Waals surface area contributed by atoms with Crippen molar-refractivity contribution in [2.45, 2.75) is 13.5 Å². The second-order valence-electron chi connectivity index (χ2n) is 4.64. The standard InChI is InChI=1S/C17H17NO4/c1-2-22-16-6-4-3-5-15(16)18(12-19)11-13-7-9-14(10-8-13)17(20)21/h3-10,12H,2,11H2,1H3,(H,20,21). The van der Waals surface area contributed by atoms with E-state index in [-0.39, 0.29) is 5.56 Å². The Labute approximate surface area is 128 Å². The van der Waals surface area contributed by atoms with Crippen LogP contribution in [0.3, 0.4) is 0 Å². The molecule has 0 aliphatic rings. The molecule has 0 aromatic heterocycles. The van der Waals surface area contributed by atoms with Crippen LogP contribution in [0.25, 0.3) is 0 Å². The van der Waals surface area contributed by atoms with Gasteiger partial charge in [-0.15, -0.1) is 0 Å². The third-order valence-corrected chi connectivity index (χ3v) is 3.16. The number of anilines is 1. The molecule has 0 saturated heterocycles. The van der Waals surface area contributed by atoms with Gasteiger partial charge in [-0.05, 0) is 36.8 Å². The topological polar surface area (TPSA) is 66.8 Å². The van der Waals surface area contributed by atoms with Crippen molar-refractivity contribution in [1.29, 1.82) is 0 Å². The molecule has 0 aliphatic heterocycles. The number of para-hydroxylation sites is 2. The number of benzene rings is 2. The van der Waals surface area contributed by atoms with Crippen LogP contribution in [0.1, 0.15) is 22.8 Å². The molecule has 0 radical (unpaired) electrons. The summed E-state index contributed by atoms with van der Waals surface area (Å²) in [4.78, 5) is 23.8. The maximum atomic E-state index is 11.4. The number of carbonyl (C=O) groups is 2. The second kappa shape index (κ2) is 7.26. The van der Waals surface area contributed by atoms with Gasteiger partial charge < -0.3 is 14.7 Å². The van der Waals surface area contributed by atoms with E-state index in [0.29, 0.717) is 24.6 Å². The number of carboxylic acid groups (broad SMARTS) is 1. The molecule has 0 fully saturated rings. The summed E-state index contributed by atoms with van der Waals surface area (Å²) in [6, 6.07) is 13.7. The van der Waals surface area contributed by atoms with Crippen molar-refractivity contribution < 1.29 is 19.4 Å². The van der Waals surface area contributed by atoms with Gasteiger partial charge in [0.25, 0.3) is 0 Å². The highest BCUT2D eigenvalue weighted by Crippen LogP contribution is 2.28. The Morgan fingerprint density at radius 3 is 2.45 bits per heavy atom. The number of rotatable bonds is 7. The van der Waals surface area contributed by atoms with E-state index in [1.54, 1.807) is 12.1 Å². The van der Waals surface area contributed by atoms with Crippen LogP contribution in [-0.4, -0.2) is 24.1 Å². The first-order valence-electron chi connectivity index (χ1n) is 6.91. The lowest BCUT2D eigenvalue weighted by molar-refractivity contribution is -0.107. The quantitative estimate of drug-likeness (QED) is 0.798. The highest BCUT2D eigenvalue weighted by Gasteiger charge is 2.12. The van der Waals surface area contributed by atoms with Crippen molar-refractivity contribution in [3.63, 3.8) is 0 Å². The van der Waals surface area contributed by atoms with E-state index in [2.05, 4.69) is 0 Å². The van der Waals surface area contributed by atoms with Gasteiger partial charge in [0.2, 0.25) is 6.41 Å². The lowest BCUT2D eigenvalue weighted by Crippen LogP contribution is -2.21. The van der Waals surface area contributed by atoms with E-state index in [1.807, 2.05) is 31.2 Å². The number of carbonyl (C=O) groups excluding carboxylic acids is 1. The van der Waals surface area contributed by atoms with Crippen LogP contribution >= 0.6 is 0 Å². The summed E-state index contributed by atoms with van der Waals surface area (Å²) in [5.41, 5.74) is 1.74. The Balaban J connectivity index is 2.22. The number of amides is 1. The summed E-state index contributed by atoms with van der Waals surface area (Å²) >= 11 is 0. The van der Waals surface area contributed by atoms with Gasteiger partial charge in [-0.25, -0.2) is 4.79 Å². The SMILES string of the molecule is CCOc1ccccc1N(C=O)Cc1ccc(C(=O)O)cc1. The van der Waals surface area contributed by atoms with Gasteiger partial charge in [-0.1, -0.05) is 24.3 Å². The van der Waals surface area contributed by atoms with Crippen molar-refractivity contribution in [2.24, 2.45) is 0 Å². The normalized spacial score (nSPS) is 10.0. The molecular weight excluding hydrogens is 282 g/mol. The average molecular weight is 299 g/mol. The van der Waals surface area contributed by atoms with E-state index in [4.69, 9.17) is 9.84 Å². The van der Waals surface area contributed by atoms with Crippen molar-refractivity contribution in [2.75, 3.05) is 11.5 Å². The number of ether oxygens (including phenoxy) is 1. The Morgan fingerprint density at radius 1 is 1.18 bits per heavy atom. The predicted octanol–water partition coefficient (Wildman–Crippen LogP) is 2.95. The zero-order valence-electron chi connectivity index (χ0n) is 12.2. The number of aromatic carboxylic acids is 1. The molecule has 0 saturated carbocycles. The van der Waals surface area contributed by atoms with E-state index in [0.717, 1.165) is 12.0 Å². The Kier molecular flexibility index (Phi) is 5.14. The van der Waals surface area contributed by atoms with Gasteiger partial charge in [-0.3, -0.25) is 4.79 Å². The molecule has 2 rings (SSSR count). The first kappa shape index (κ1) is 15.6. The lowest BCUT2D eigenvalue weighted by Gasteiger charge is -2.20. The van der Waals surface area contributed by atoms with E-state index in [9.17, 15) is 9.59 Å². The van der Waals surface area contributed by atoms with Gasteiger partial charge in [0.15, 0.2) is 0 Å². The van der Waals surface area contributed by atoms with Gasteiger partial charge in [0, 0.05) is 0 Å². The third kappa shape index (κ3) is 3.63. The van der Waals surface area contributed by atoms with Crippen LogP contribution in [0.4, 0.5) is 5.69 Å². The summed E-state index contributed by atoms with van der Waals surface area (Å²) in [7, 11) is 0. The first-order chi connectivity index (χ1) is 10.7. The first-order valence-corrected chi connectivity index (χ1v) is 6.91. The molecule has 22 heavy (non-hydrogen) atoms. The number of hydrogen-bond donors (Lipinski definition) is 1. The van der Waals surface area contributed by atoms with Crippen molar-refractivity contribution in [3.05, 3.63) is 59.7 Å². The zero-order valence-corrected chi connectivity index (χ0v) is 12.2. The predicted molar refractivity (Wildman–Crippen MR) is 83.3 cm³/mol. The van der Waals surface area contributed by atoms with Gasteiger partial charge >= 0.3 is 5.97 Å². The smallest absolute Gasteiger partial charge is 0.335 e. The summed E-state index contributed by atoms with van der Waals surface area (Å²) in [6.07, 6.45) is 0.739. The number of carboxylic acids is 1. The molecule has 114 valence electrons. The Bertz CT molecular complexity index is 652. The third-order valence-electron chi connectivity index (χ3n) is 3.16. The van der Waals surface area contributed by atoms with Crippen LogP contribution in [-0.2, 0) is 11.3 Å². The molecule has 0 aliphatic carbocycles. The molecule has 2 aromatic carbocycles. The summed E-state index contributed by atoms with van der Waals surface area (Å²) in [5, 5.41) is 8.89.